The van der Waals surface area contributed by atoms with E-state index in [1.807, 2.05) is 13.8 Å². The molecule has 0 aliphatic carbocycles. The van der Waals surface area contributed by atoms with Crippen molar-refractivity contribution < 1.29 is 13.9 Å². The molecule has 1 aromatic heterocycles. The van der Waals surface area contributed by atoms with E-state index in [9.17, 15) is 4.79 Å². The summed E-state index contributed by atoms with van der Waals surface area (Å²) < 4.78 is 10.3. The molecule has 1 rings (SSSR count). The summed E-state index contributed by atoms with van der Waals surface area (Å²) in [5.41, 5.74) is 0. The summed E-state index contributed by atoms with van der Waals surface area (Å²) in [6.07, 6.45) is 1.18. The zero-order valence-electron chi connectivity index (χ0n) is 12.2. The lowest BCUT2D eigenvalue weighted by atomic mass is 10.1. The van der Waals surface area contributed by atoms with E-state index in [4.69, 9.17) is 4.42 Å². The van der Waals surface area contributed by atoms with Crippen LogP contribution in [0.1, 0.15) is 51.1 Å². The first-order chi connectivity index (χ1) is 8.92. The van der Waals surface area contributed by atoms with Gasteiger partial charge in [-0.3, -0.25) is 4.79 Å². The maximum absolute atomic E-state index is 11.2. The van der Waals surface area contributed by atoms with Crippen molar-refractivity contribution in [2.24, 2.45) is 5.92 Å². The van der Waals surface area contributed by atoms with Gasteiger partial charge in [-0.05, 0) is 12.8 Å². The van der Waals surface area contributed by atoms with E-state index in [1.165, 1.54) is 7.11 Å². The van der Waals surface area contributed by atoms with E-state index in [-0.39, 0.29) is 16.5 Å². The van der Waals surface area contributed by atoms with Gasteiger partial charge >= 0.3 is 5.97 Å². The Hall–Kier alpha value is -1.04. The number of rotatable bonds is 7. The second-order valence-corrected chi connectivity index (χ2v) is 6.79. The van der Waals surface area contributed by atoms with Crippen molar-refractivity contribution in [3.63, 3.8) is 0 Å². The molecule has 19 heavy (non-hydrogen) atoms. The smallest absolute Gasteiger partial charge is 0.306 e. The number of hydrogen-bond donors (Lipinski definition) is 0. The van der Waals surface area contributed by atoms with Crippen LogP contribution in [-0.4, -0.2) is 28.5 Å². The van der Waals surface area contributed by atoms with Gasteiger partial charge in [0, 0.05) is 11.7 Å². The number of ether oxygens (including phenoxy) is 1. The number of carbonyl (C=O) groups is 1. The lowest BCUT2D eigenvalue weighted by Gasteiger charge is -2.13. The van der Waals surface area contributed by atoms with Crippen LogP contribution in [0.25, 0.3) is 0 Å². The highest BCUT2D eigenvalue weighted by molar-refractivity contribution is 8.00. The van der Waals surface area contributed by atoms with E-state index in [1.54, 1.807) is 11.8 Å². The van der Waals surface area contributed by atoms with Crippen molar-refractivity contribution in [1.82, 2.24) is 10.2 Å². The molecule has 0 unspecified atom stereocenters. The molecule has 0 fully saturated rings. The molecule has 0 aromatic carbocycles. The number of nitrogens with zero attached hydrogens (tertiary/aromatic N) is 2. The molecule has 5 nitrogen and oxygen atoms in total. The Labute approximate surface area is 118 Å². The maximum Gasteiger partial charge on any atom is 0.306 e. The van der Waals surface area contributed by atoms with Crippen LogP contribution in [0, 0.1) is 5.92 Å². The molecule has 0 N–H and O–H groups in total. The van der Waals surface area contributed by atoms with Crippen molar-refractivity contribution in [3.8, 4) is 0 Å². The first-order valence-corrected chi connectivity index (χ1v) is 7.41. The monoisotopic (exact) mass is 286 g/mol. The lowest BCUT2D eigenvalue weighted by molar-refractivity contribution is -0.140. The predicted molar refractivity (Wildman–Crippen MR) is 74.9 cm³/mol. The van der Waals surface area contributed by atoms with Gasteiger partial charge in [-0.2, -0.15) is 0 Å². The summed E-state index contributed by atoms with van der Waals surface area (Å²) in [5.74, 6) is 1.60. The zero-order valence-corrected chi connectivity index (χ0v) is 13.0. The fourth-order valence-corrected chi connectivity index (χ4v) is 2.78. The van der Waals surface area contributed by atoms with Crippen LogP contribution in [0.4, 0.5) is 0 Å². The molecule has 0 aliphatic heterocycles. The summed E-state index contributed by atoms with van der Waals surface area (Å²) >= 11 is 1.63. The Morgan fingerprint density at radius 1 is 1.32 bits per heavy atom. The van der Waals surface area contributed by atoms with E-state index < -0.39 is 0 Å². The van der Waals surface area contributed by atoms with Gasteiger partial charge < -0.3 is 9.15 Å². The SMILES string of the molecule is COC(=O)C[C@@H](C)S[C@H](C)c1nnc(CC(C)C)o1. The molecule has 1 aromatic rings. The van der Waals surface area contributed by atoms with Crippen LogP contribution >= 0.6 is 11.8 Å². The molecular weight excluding hydrogens is 264 g/mol. The third-order valence-electron chi connectivity index (χ3n) is 2.53. The van der Waals surface area contributed by atoms with Crippen LogP contribution in [0.2, 0.25) is 0 Å². The van der Waals surface area contributed by atoms with Crippen molar-refractivity contribution in [3.05, 3.63) is 11.8 Å². The lowest BCUT2D eigenvalue weighted by Crippen LogP contribution is -2.09. The molecule has 0 spiro atoms. The number of esters is 1. The molecular formula is C13H22N2O3S. The summed E-state index contributed by atoms with van der Waals surface area (Å²) in [7, 11) is 1.40. The average Bonchev–Trinajstić information content (AvgIpc) is 2.76. The van der Waals surface area contributed by atoms with E-state index in [2.05, 4.69) is 28.8 Å². The van der Waals surface area contributed by atoms with Crippen LogP contribution < -0.4 is 0 Å². The number of hydrogen-bond acceptors (Lipinski definition) is 6. The van der Waals surface area contributed by atoms with E-state index in [0.717, 1.165) is 6.42 Å². The highest BCUT2D eigenvalue weighted by Gasteiger charge is 2.19. The average molecular weight is 286 g/mol. The van der Waals surface area contributed by atoms with Gasteiger partial charge in [0.05, 0.1) is 18.8 Å². The predicted octanol–water partition coefficient (Wildman–Crippen LogP) is 3.01. The minimum atomic E-state index is -0.196. The number of thioether (sulfide) groups is 1. The van der Waals surface area contributed by atoms with Crippen LogP contribution in [-0.2, 0) is 16.0 Å². The van der Waals surface area contributed by atoms with Crippen LogP contribution in [0.3, 0.4) is 0 Å². The third kappa shape index (κ3) is 5.63. The normalized spacial score (nSPS) is 14.4. The largest absolute Gasteiger partial charge is 0.469 e. The number of methoxy groups -OCH3 is 1. The van der Waals surface area contributed by atoms with Gasteiger partial charge in [-0.25, -0.2) is 0 Å². The maximum atomic E-state index is 11.2. The topological polar surface area (TPSA) is 65.2 Å². The summed E-state index contributed by atoms with van der Waals surface area (Å²) in [4.78, 5) is 11.2. The van der Waals surface area contributed by atoms with Crippen molar-refractivity contribution in [2.45, 2.75) is 51.0 Å². The molecule has 1 heterocycles. The van der Waals surface area contributed by atoms with Crippen LogP contribution in [0.15, 0.2) is 4.42 Å². The fraction of sp³-hybridized carbons (Fsp3) is 0.769. The molecule has 0 saturated heterocycles. The number of carbonyl (C=O) groups excluding carboxylic acids is 1. The molecule has 0 saturated carbocycles. The summed E-state index contributed by atoms with van der Waals surface area (Å²) in [6.45, 7) is 8.22. The third-order valence-corrected chi connectivity index (χ3v) is 3.77. The van der Waals surface area contributed by atoms with Crippen LogP contribution in [0.5, 0.6) is 0 Å². The minimum Gasteiger partial charge on any atom is -0.469 e. The van der Waals surface area contributed by atoms with Gasteiger partial charge in [0.2, 0.25) is 11.8 Å². The number of aromatic nitrogens is 2. The summed E-state index contributed by atoms with van der Waals surface area (Å²) in [6, 6.07) is 0. The van der Waals surface area contributed by atoms with Gasteiger partial charge in [-0.15, -0.1) is 22.0 Å². The quantitative estimate of drug-likeness (QED) is 0.718. The van der Waals surface area contributed by atoms with E-state index >= 15 is 0 Å². The van der Waals surface area contributed by atoms with Gasteiger partial charge in [0.1, 0.15) is 0 Å². The molecule has 108 valence electrons. The second-order valence-electron chi connectivity index (χ2n) is 5.00. The minimum absolute atomic E-state index is 0.0769. The second kappa shape index (κ2) is 7.53. The molecule has 0 bridgehead atoms. The van der Waals surface area contributed by atoms with E-state index in [0.29, 0.717) is 24.1 Å². The molecule has 2 atom stereocenters. The Morgan fingerprint density at radius 3 is 2.58 bits per heavy atom. The molecule has 0 aliphatic rings. The first kappa shape index (κ1) is 16.0. The first-order valence-electron chi connectivity index (χ1n) is 6.47. The molecule has 0 radical (unpaired) electrons. The Bertz CT molecular complexity index is 406. The van der Waals surface area contributed by atoms with Crippen molar-refractivity contribution in [1.29, 1.82) is 0 Å². The molecule has 6 heteroatoms. The fourth-order valence-electron chi connectivity index (χ4n) is 1.64. The van der Waals surface area contributed by atoms with Gasteiger partial charge in [0.25, 0.3) is 0 Å². The Morgan fingerprint density at radius 2 is 2.00 bits per heavy atom. The van der Waals surface area contributed by atoms with Gasteiger partial charge in [-0.1, -0.05) is 20.8 Å². The Kier molecular flexibility index (Phi) is 6.34. The highest BCUT2D eigenvalue weighted by Crippen LogP contribution is 2.32. The van der Waals surface area contributed by atoms with Gasteiger partial charge in [0.15, 0.2) is 0 Å². The van der Waals surface area contributed by atoms with Crippen molar-refractivity contribution in [2.75, 3.05) is 7.11 Å². The summed E-state index contributed by atoms with van der Waals surface area (Å²) in [5, 5.41) is 8.34. The zero-order chi connectivity index (χ0) is 14.4. The standard InChI is InChI=1S/C13H22N2O3S/c1-8(2)6-11-14-15-13(18-11)10(4)19-9(3)7-12(16)17-5/h8-10H,6-7H2,1-5H3/t9-,10-/m1/s1. The highest BCUT2D eigenvalue weighted by atomic mass is 32.2. The Balaban J connectivity index is 2.50. The molecule has 0 amide bonds. The van der Waals surface area contributed by atoms with Crippen molar-refractivity contribution >= 4 is 17.7 Å².